The van der Waals surface area contributed by atoms with Gasteiger partial charge < -0.3 is 0 Å². The van der Waals surface area contributed by atoms with Crippen LogP contribution in [0.5, 0.6) is 0 Å². The molecule has 1 nitrogen and oxygen atoms in total. The molecule has 0 saturated heterocycles. The summed E-state index contributed by atoms with van der Waals surface area (Å²) in [6.45, 7) is 0. The number of halogens is 3. The molecule has 0 heterocycles. The van der Waals surface area contributed by atoms with Gasteiger partial charge in [0.15, 0.2) is 0 Å². The van der Waals surface area contributed by atoms with Crippen molar-refractivity contribution in [2.24, 2.45) is 0 Å². The van der Waals surface area contributed by atoms with Gasteiger partial charge in [0.2, 0.25) is 6.29 Å². The zero-order valence-corrected chi connectivity index (χ0v) is 13.2. The lowest BCUT2D eigenvalue weighted by Crippen LogP contribution is -1.85. The molecule has 0 bridgehead atoms. The van der Waals surface area contributed by atoms with Crippen LogP contribution in [0, 0.1) is 0 Å². The Morgan fingerprint density at radius 1 is 1.12 bits per heavy atom. The van der Waals surface area contributed by atoms with Crippen LogP contribution in [0.4, 0.5) is 0 Å². The summed E-state index contributed by atoms with van der Waals surface area (Å²) in [5.74, 6) is 0. The van der Waals surface area contributed by atoms with Gasteiger partial charge in [-0.05, 0) is 78.3 Å². The lowest BCUT2D eigenvalue weighted by Gasteiger charge is -2.04. The Kier molecular flexibility index (Phi) is 6.54. The minimum atomic E-state index is 0.383. The molecule has 0 aromatic heterocycles. The molecule has 1 rings (SSSR count). The fraction of sp³-hybridized carbons (Fsp3) is 0.250. The van der Waals surface area contributed by atoms with Crippen LogP contribution in [-0.4, -0.2) is 6.29 Å². The summed E-state index contributed by atoms with van der Waals surface area (Å²) >= 11 is 10.4. The highest BCUT2D eigenvalue weighted by Gasteiger charge is 2.03. The monoisotopic (exact) mass is 407 g/mol. The third-order valence-corrected chi connectivity index (χ3v) is 5.18. The van der Waals surface area contributed by atoms with Gasteiger partial charge in [-0.1, -0.05) is 12.2 Å². The molecule has 0 atom stereocenters. The molecule has 0 unspecified atom stereocenters. The molecule has 0 fully saturated rings. The van der Waals surface area contributed by atoms with E-state index in [1.165, 1.54) is 5.56 Å². The van der Waals surface area contributed by atoms with Crippen LogP contribution < -0.4 is 0 Å². The van der Waals surface area contributed by atoms with Gasteiger partial charge in [-0.25, -0.2) is 0 Å². The highest BCUT2D eigenvalue weighted by Crippen LogP contribution is 2.32. The molecular formula is C12H10Br3O. The lowest BCUT2D eigenvalue weighted by molar-refractivity contribution is 0.556. The normalized spacial score (nSPS) is 10.9. The lowest BCUT2D eigenvalue weighted by atomic mass is 10.1. The molecule has 0 aliphatic heterocycles. The Hall–Kier alpha value is 0.0700. The largest absolute Gasteiger partial charge is 0.291 e. The number of hydrogen-bond donors (Lipinski definition) is 0. The second kappa shape index (κ2) is 7.41. The molecule has 1 aromatic carbocycles. The smallest absolute Gasteiger partial charge is 0.202 e. The molecule has 0 N–H and O–H groups in total. The van der Waals surface area contributed by atoms with E-state index in [2.05, 4.69) is 59.9 Å². The van der Waals surface area contributed by atoms with Crippen molar-refractivity contribution in [2.75, 3.05) is 0 Å². The number of aryl methyl sites for hydroxylation is 1. The second-order valence-electron chi connectivity index (χ2n) is 3.23. The summed E-state index contributed by atoms with van der Waals surface area (Å²) in [6.07, 6.45) is 7.96. The Morgan fingerprint density at radius 3 is 2.31 bits per heavy atom. The molecular weight excluding hydrogens is 400 g/mol. The highest BCUT2D eigenvalue weighted by molar-refractivity contribution is 9.14. The van der Waals surface area contributed by atoms with E-state index < -0.39 is 0 Å². The van der Waals surface area contributed by atoms with Crippen molar-refractivity contribution in [3.8, 4) is 0 Å². The third kappa shape index (κ3) is 4.52. The summed E-state index contributed by atoms with van der Waals surface area (Å²) in [5.41, 5.74) is 1.25. The molecule has 85 valence electrons. The fourth-order valence-electron chi connectivity index (χ4n) is 1.25. The van der Waals surface area contributed by atoms with E-state index in [0.717, 1.165) is 26.3 Å². The fourth-order valence-corrected chi connectivity index (χ4v) is 2.76. The van der Waals surface area contributed by atoms with E-state index in [4.69, 9.17) is 0 Å². The predicted octanol–water partition coefficient (Wildman–Crippen LogP) is 4.96. The number of hydrogen-bond acceptors (Lipinski definition) is 1. The molecule has 0 spiro atoms. The molecule has 4 heteroatoms. The third-order valence-electron chi connectivity index (χ3n) is 2.01. The van der Waals surface area contributed by atoms with Crippen molar-refractivity contribution in [2.45, 2.75) is 19.3 Å². The average Bonchev–Trinajstić information content (AvgIpc) is 2.25. The highest BCUT2D eigenvalue weighted by atomic mass is 79.9. The first-order valence-corrected chi connectivity index (χ1v) is 7.16. The second-order valence-corrected chi connectivity index (χ2v) is 5.73. The zero-order valence-electron chi connectivity index (χ0n) is 8.47. The molecule has 1 radical (unpaired) electrons. The SMILES string of the molecule is O=[C]C/C=C/CCc1cc(Br)c(Br)c(Br)c1. The maximum Gasteiger partial charge on any atom is 0.202 e. The maximum absolute atomic E-state index is 9.97. The quantitative estimate of drug-likeness (QED) is 0.496. The van der Waals surface area contributed by atoms with E-state index in [9.17, 15) is 4.79 Å². The van der Waals surface area contributed by atoms with Crippen molar-refractivity contribution in [3.05, 3.63) is 43.3 Å². The molecule has 0 aliphatic carbocycles. The summed E-state index contributed by atoms with van der Waals surface area (Å²) < 4.78 is 3.12. The van der Waals surface area contributed by atoms with Gasteiger partial charge in [-0.15, -0.1) is 0 Å². The van der Waals surface area contributed by atoms with E-state index in [0.29, 0.717) is 6.42 Å². The zero-order chi connectivity index (χ0) is 12.0. The Morgan fingerprint density at radius 2 is 1.75 bits per heavy atom. The first-order chi connectivity index (χ1) is 7.65. The van der Waals surface area contributed by atoms with Crippen LogP contribution >= 0.6 is 47.8 Å². The van der Waals surface area contributed by atoms with Gasteiger partial charge >= 0.3 is 0 Å². The van der Waals surface area contributed by atoms with Crippen LogP contribution in [-0.2, 0) is 11.2 Å². The van der Waals surface area contributed by atoms with Gasteiger partial charge in [-0.3, -0.25) is 4.79 Å². The minimum absolute atomic E-state index is 0.383. The molecule has 16 heavy (non-hydrogen) atoms. The van der Waals surface area contributed by atoms with Gasteiger partial charge in [0.25, 0.3) is 0 Å². The minimum Gasteiger partial charge on any atom is -0.291 e. The Labute approximate surface area is 121 Å². The van der Waals surface area contributed by atoms with E-state index in [1.807, 2.05) is 18.4 Å². The number of carbonyl (C=O) groups excluding carboxylic acids is 1. The Balaban J connectivity index is 2.58. The number of allylic oxidation sites excluding steroid dienone is 2. The predicted molar refractivity (Wildman–Crippen MR) is 77.3 cm³/mol. The Bertz CT molecular complexity index is 376. The van der Waals surface area contributed by atoms with E-state index >= 15 is 0 Å². The first-order valence-electron chi connectivity index (χ1n) is 4.78. The molecule has 0 aliphatic rings. The van der Waals surface area contributed by atoms with Gasteiger partial charge in [-0.2, -0.15) is 0 Å². The van der Waals surface area contributed by atoms with E-state index in [-0.39, 0.29) is 0 Å². The van der Waals surface area contributed by atoms with Crippen LogP contribution in [0.15, 0.2) is 37.7 Å². The van der Waals surface area contributed by atoms with Crippen LogP contribution in [0.1, 0.15) is 18.4 Å². The topological polar surface area (TPSA) is 17.1 Å². The van der Waals surface area contributed by atoms with Crippen molar-refractivity contribution in [1.82, 2.24) is 0 Å². The van der Waals surface area contributed by atoms with Crippen LogP contribution in [0.2, 0.25) is 0 Å². The van der Waals surface area contributed by atoms with Gasteiger partial charge in [0.05, 0.1) is 0 Å². The average molecular weight is 410 g/mol. The number of benzene rings is 1. The first kappa shape index (κ1) is 14.1. The van der Waals surface area contributed by atoms with Crippen LogP contribution in [0.25, 0.3) is 0 Å². The van der Waals surface area contributed by atoms with E-state index in [1.54, 1.807) is 0 Å². The summed E-state index contributed by atoms with van der Waals surface area (Å²) in [5, 5.41) is 0. The van der Waals surface area contributed by atoms with Crippen molar-refractivity contribution in [1.29, 1.82) is 0 Å². The van der Waals surface area contributed by atoms with Gasteiger partial charge in [0.1, 0.15) is 0 Å². The molecule has 0 saturated carbocycles. The van der Waals surface area contributed by atoms with Gasteiger partial charge in [0, 0.05) is 19.8 Å². The number of rotatable bonds is 5. The molecule has 1 aromatic rings. The summed E-state index contributed by atoms with van der Waals surface area (Å²) in [4.78, 5) is 9.97. The van der Waals surface area contributed by atoms with Crippen molar-refractivity contribution >= 4 is 54.1 Å². The maximum atomic E-state index is 9.97. The van der Waals surface area contributed by atoms with Crippen molar-refractivity contribution < 1.29 is 4.79 Å². The van der Waals surface area contributed by atoms with Crippen LogP contribution in [0.3, 0.4) is 0 Å². The van der Waals surface area contributed by atoms with Crippen molar-refractivity contribution in [3.63, 3.8) is 0 Å². The summed E-state index contributed by atoms with van der Waals surface area (Å²) in [6, 6.07) is 4.18. The molecule has 0 amide bonds. The standard InChI is InChI=1S/C12H10Br3O/c13-10-7-9(8-11(14)12(10)15)5-3-1-2-4-6-16/h1-2,7-8H,3-5H2/b2-1+. The summed E-state index contributed by atoms with van der Waals surface area (Å²) in [7, 11) is 0.